The smallest absolute Gasteiger partial charge is 0.322 e. The van der Waals surface area contributed by atoms with E-state index in [4.69, 9.17) is 25.4 Å². The van der Waals surface area contributed by atoms with Gasteiger partial charge in [0, 0.05) is 6.92 Å². The molecule has 0 saturated carbocycles. The highest BCUT2D eigenvalue weighted by molar-refractivity contribution is 5.73. The van der Waals surface area contributed by atoms with Gasteiger partial charge in [-0.25, -0.2) is 0 Å². The fourth-order valence-corrected chi connectivity index (χ4v) is 1.94. The number of carbonyl (C=O) groups is 2. The number of aliphatic carboxylic acids is 1. The Morgan fingerprint density at radius 3 is 2.45 bits per heavy atom. The zero-order valence-electron chi connectivity index (χ0n) is 11.7. The quantitative estimate of drug-likeness (QED) is 0.235. The van der Waals surface area contributed by atoms with E-state index in [-0.39, 0.29) is 0 Å². The highest BCUT2D eigenvalue weighted by Gasteiger charge is 2.55. The third kappa shape index (κ3) is 4.10. The van der Waals surface area contributed by atoms with Gasteiger partial charge in [0.15, 0.2) is 0 Å². The number of carboxylic acids is 1. The minimum absolute atomic E-state index is 0.674. The Kier molecular flexibility index (Phi) is 6.19. The van der Waals surface area contributed by atoms with Gasteiger partial charge in [-0.15, -0.1) is 0 Å². The van der Waals surface area contributed by atoms with Crippen LogP contribution in [0.25, 0.3) is 0 Å². The van der Waals surface area contributed by atoms with E-state index in [1.165, 1.54) is 0 Å². The van der Waals surface area contributed by atoms with Crippen LogP contribution >= 0.6 is 0 Å². The number of carboxylic acid groups (broad SMARTS) is 1. The van der Waals surface area contributed by atoms with Crippen molar-refractivity contribution in [1.82, 2.24) is 5.32 Å². The molecule has 128 valence electrons. The summed E-state index contributed by atoms with van der Waals surface area (Å²) in [6.45, 7) is -0.384. The van der Waals surface area contributed by atoms with Crippen LogP contribution in [-0.2, 0) is 19.1 Å². The first-order valence-electron chi connectivity index (χ1n) is 6.39. The van der Waals surface area contributed by atoms with Crippen molar-refractivity contribution in [2.45, 2.75) is 43.3 Å². The first kappa shape index (κ1) is 18.7. The van der Waals surface area contributed by atoms with E-state index in [0.717, 1.165) is 6.92 Å². The molecule has 0 bridgehead atoms. The molecule has 1 saturated heterocycles. The van der Waals surface area contributed by atoms with Gasteiger partial charge in [0.05, 0.1) is 13.2 Å². The van der Waals surface area contributed by atoms with Gasteiger partial charge >= 0.3 is 11.9 Å². The topological polar surface area (TPSA) is 192 Å². The summed E-state index contributed by atoms with van der Waals surface area (Å²) in [5.74, 6) is -4.76. The number of aliphatic hydroxyl groups excluding tert-OH is 3. The van der Waals surface area contributed by atoms with Crippen LogP contribution in [0, 0.1) is 0 Å². The molecule has 8 N–H and O–H groups in total. The fourth-order valence-electron chi connectivity index (χ4n) is 1.94. The second kappa shape index (κ2) is 7.28. The summed E-state index contributed by atoms with van der Waals surface area (Å²) in [7, 11) is 0. The van der Waals surface area contributed by atoms with Gasteiger partial charge in [-0.1, -0.05) is 0 Å². The summed E-state index contributed by atoms with van der Waals surface area (Å²) >= 11 is 0. The zero-order chi connectivity index (χ0) is 17.1. The minimum atomic E-state index is -2.68. The first-order valence-corrected chi connectivity index (χ1v) is 6.39. The largest absolute Gasteiger partial charge is 0.480 e. The molecular formula is C11H20N2O9. The highest BCUT2D eigenvalue weighted by atomic mass is 16.8. The maximum absolute atomic E-state index is 11.2. The van der Waals surface area contributed by atoms with E-state index >= 15 is 0 Å². The Balaban J connectivity index is 2.96. The Labute approximate surface area is 125 Å². The van der Waals surface area contributed by atoms with Gasteiger partial charge in [0.1, 0.15) is 30.4 Å². The van der Waals surface area contributed by atoms with Gasteiger partial charge in [0.25, 0.3) is 0 Å². The van der Waals surface area contributed by atoms with E-state index in [1.54, 1.807) is 0 Å². The molecule has 1 aliphatic rings. The Bertz CT molecular complexity index is 420. The predicted molar refractivity (Wildman–Crippen MR) is 68.1 cm³/mol. The first-order chi connectivity index (χ1) is 10.1. The van der Waals surface area contributed by atoms with Crippen molar-refractivity contribution in [3.8, 4) is 0 Å². The summed E-state index contributed by atoms with van der Waals surface area (Å²) in [5, 5.41) is 49.9. The number of ether oxygens (including phenoxy) is 2. The van der Waals surface area contributed by atoms with E-state index in [9.17, 15) is 24.9 Å². The number of hydrogen-bond acceptors (Lipinski definition) is 9. The molecular weight excluding hydrogens is 304 g/mol. The monoisotopic (exact) mass is 324 g/mol. The van der Waals surface area contributed by atoms with Gasteiger partial charge in [-0.2, -0.15) is 0 Å². The highest BCUT2D eigenvalue weighted by Crippen LogP contribution is 2.29. The predicted octanol–water partition coefficient (Wildman–Crippen LogP) is -4.32. The molecule has 1 heterocycles. The number of rotatable bonds is 6. The number of nitrogens with two attached hydrogens (primary N) is 1. The van der Waals surface area contributed by atoms with Crippen LogP contribution in [0.4, 0.5) is 0 Å². The molecule has 1 rings (SSSR count). The molecule has 0 aromatic heterocycles. The molecule has 1 unspecified atom stereocenters. The van der Waals surface area contributed by atoms with E-state index < -0.39 is 61.5 Å². The summed E-state index contributed by atoms with van der Waals surface area (Å²) < 4.78 is 9.85. The lowest BCUT2D eigenvalue weighted by atomic mass is 9.95. The van der Waals surface area contributed by atoms with Crippen LogP contribution < -0.4 is 11.1 Å². The number of nitrogens with one attached hydrogen (secondary N) is 1. The second-order valence-electron chi connectivity index (χ2n) is 4.88. The molecule has 0 aliphatic carbocycles. The molecule has 0 aromatic rings. The third-order valence-corrected chi connectivity index (χ3v) is 3.11. The molecule has 1 fully saturated rings. The lowest BCUT2D eigenvalue weighted by Crippen LogP contribution is -2.71. The van der Waals surface area contributed by atoms with Gasteiger partial charge in [-0.3, -0.25) is 9.59 Å². The van der Waals surface area contributed by atoms with Gasteiger partial charge in [-0.05, 0) is 0 Å². The average Bonchev–Trinajstić information content (AvgIpc) is 2.44. The average molecular weight is 324 g/mol. The lowest BCUT2D eigenvalue weighted by Gasteiger charge is -2.46. The van der Waals surface area contributed by atoms with Crippen LogP contribution in [-0.4, -0.2) is 87.0 Å². The molecule has 0 radical (unpaired) electrons. The van der Waals surface area contributed by atoms with Crippen molar-refractivity contribution in [3.63, 3.8) is 0 Å². The van der Waals surface area contributed by atoms with Crippen LogP contribution in [0.5, 0.6) is 0 Å². The molecule has 6 atom stereocenters. The normalized spacial score (nSPS) is 36.6. The molecule has 11 nitrogen and oxygen atoms in total. The van der Waals surface area contributed by atoms with Crippen LogP contribution in [0.15, 0.2) is 0 Å². The van der Waals surface area contributed by atoms with Crippen molar-refractivity contribution < 1.29 is 44.6 Å². The van der Waals surface area contributed by atoms with Crippen LogP contribution in [0.1, 0.15) is 6.92 Å². The number of amides is 1. The number of aliphatic hydroxyl groups is 4. The summed E-state index contributed by atoms with van der Waals surface area (Å²) in [5.41, 5.74) is 5.23. The standard InChI is InChI=1S/C11H20N2O9/c1-4(15)13-9-8(17)7(16)6(2-14)22-11(9,20)21-3-5(12)10(18)19/h5-9,14,16-17,20H,2-3,12H2,1H3,(H,13,15)(H,18,19)/t5-,6+,7+,8-,9+,11?/m0/s1. The molecule has 0 aromatic carbocycles. The van der Waals surface area contributed by atoms with E-state index in [2.05, 4.69) is 5.32 Å². The summed E-state index contributed by atoms with van der Waals surface area (Å²) in [6, 6.07) is -3.12. The Morgan fingerprint density at radius 2 is 2.00 bits per heavy atom. The second-order valence-corrected chi connectivity index (χ2v) is 4.88. The van der Waals surface area contributed by atoms with Gasteiger partial charge < -0.3 is 46.1 Å². The minimum Gasteiger partial charge on any atom is -0.480 e. The van der Waals surface area contributed by atoms with Crippen molar-refractivity contribution in [2.24, 2.45) is 5.73 Å². The van der Waals surface area contributed by atoms with Crippen LogP contribution in [0.2, 0.25) is 0 Å². The lowest BCUT2D eigenvalue weighted by molar-refractivity contribution is -0.425. The fraction of sp³-hybridized carbons (Fsp3) is 0.818. The summed E-state index contributed by atoms with van der Waals surface area (Å²) in [4.78, 5) is 21.8. The molecule has 22 heavy (non-hydrogen) atoms. The van der Waals surface area contributed by atoms with Gasteiger partial charge in [0.2, 0.25) is 5.91 Å². The van der Waals surface area contributed by atoms with E-state index in [1.807, 2.05) is 0 Å². The van der Waals surface area contributed by atoms with Crippen molar-refractivity contribution in [2.75, 3.05) is 13.2 Å². The maximum Gasteiger partial charge on any atom is 0.322 e. The van der Waals surface area contributed by atoms with Crippen molar-refractivity contribution in [1.29, 1.82) is 0 Å². The SMILES string of the molecule is CC(=O)N[C@@H]1[C@@H](O)[C@H](O)[C@@H](CO)OC1(O)OC[C@H](N)C(=O)O. The molecule has 0 spiro atoms. The molecule has 11 heteroatoms. The summed E-state index contributed by atoms with van der Waals surface area (Å²) in [6.07, 6.45) is -4.76. The Morgan fingerprint density at radius 1 is 1.41 bits per heavy atom. The zero-order valence-corrected chi connectivity index (χ0v) is 11.7. The van der Waals surface area contributed by atoms with Crippen molar-refractivity contribution in [3.05, 3.63) is 0 Å². The number of hydrogen-bond donors (Lipinski definition) is 7. The van der Waals surface area contributed by atoms with Crippen molar-refractivity contribution >= 4 is 11.9 Å². The van der Waals surface area contributed by atoms with E-state index in [0.29, 0.717) is 0 Å². The Hall–Kier alpha value is -1.34. The third-order valence-electron chi connectivity index (χ3n) is 3.11. The number of carbonyl (C=O) groups excluding carboxylic acids is 1. The molecule has 1 aliphatic heterocycles. The molecule has 1 amide bonds. The van der Waals surface area contributed by atoms with Crippen LogP contribution in [0.3, 0.4) is 0 Å². The maximum atomic E-state index is 11.2.